The summed E-state index contributed by atoms with van der Waals surface area (Å²) in [6.07, 6.45) is 3.54. The highest BCUT2D eigenvalue weighted by atomic mass is 16.6. The smallest absolute Gasteiger partial charge is 0.407 e. The number of nitrogens with two attached hydrogens (primary N) is 1. The van der Waals surface area contributed by atoms with Crippen molar-refractivity contribution in [1.82, 2.24) is 16.0 Å². The molecule has 0 aromatic carbocycles. The summed E-state index contributed by atoms with van der Waals surface area (Å²) in [4.78, 5) is 47.3. The van der Waals surface area contributed by atoms with Gasteiger partial charge < -0.3 is 50.2 Å². The first-order valence-electron chi connectivity index (χ1n) is 14.7. The van der Waals surface area contributed by atoms with E-state index in [0.717, 1.165) is 32.0 Å². The van der Waals surface area contributed by atoms with Crippen molar-refractivity contribution in [3.05, 3.63) is 0 Å². The van der Waals surface area contributed by atoms with Gasteiger partial charge in [0.25, 0.3) is 0 Å². The quantitative estimate of drug-likeness (QED) is 0.111. The SMILES string of the molecule is COC1C(OC(=O)N[C@@H](COC(=O)NCCCCCCNC(=O)CN)C(C)C)CC[C@]2(CO2)C1C1(C)O[C@@H]1CC=O. The lowest BCUT2D eigenvalue weighted by Crippen LogP contribution is -2.56. The zero-order chi connectivity index (χ0) is 30.0. The van der Waals surface area contributed by atoms with Crippen molar-refractivity contribution in [2.24, 2.45) is 17.6 Å². The number of aldehydes is 1. The molecule has 3 rings (SSSR count). The predicted molar refractivity (Wildman–Crippen MR) is 148 cm³/mol. The fourth-order valence-electron chi connectivity index (χ4n) is 5.85. The topological polar surface area (TPSA) is 183 Å². The third-order valence-electron chi connectivity index (χ3n) is 8.45. The Hall–Kier alpha value is -2.48. The van der Waals surface area contributed by atoms with Crippen LogP contribution in [0.2, 0.25) is 0 Å². The summed E-state index contributed by atoms with van der Waals surface area (Å²) in [6.45, 7) is 7.45. The van der Waals surface area contributed by atoms with Crippen molar-refractivity contribution in [1.29, 1.82) is 0 Å². The van der Waals surface area contributed by atoms with Gasteiger partial charge in [0, 0.05) is 26.6 Å². The van der Waals surface area contributed by atoms with Crippen LogP contribution >= 0.6 is 0 Å². The lowest BCUT2D eigenvalue weighted by Gasteiger charge is -2.42. The van der Waals surface area contributed by atoms with E-state index in [9.17, 15) is 19.2 Å². The molecule has 1 spiro atoms. The largest absolute Gasteiger partial charge is 0.447 e. The normalized spacial score (nSPS) is 30.8. The van der Waals surface area contributed by atoms with Crippen molar-refractivity contribution in [2.45, 2.75) is 101 Å². The number of carbonyl (C=O) groups excluding carboxylic acids is 4. The van der Waals surface area contributed by atoms with Crippen molar-refractivity contribution >= 4 is 24.4 Å². The lowest BCUT2D eigenvalue weighted by atomic mass is 9.68. The molecule has 2 heterocycles. The van der Waals surface area contributed by atoms with E-state index in [1.165, 1.54) is 0 Å². The van der Waals surface area contributed by atoms with E-state index in [1.54, 1.807) is 7.11 Å². The average molecular weight is 585 g/mol. The van der Waals surface area contributed by atoms with Gasteiger partial charge in [-0.15, -0.1) is 0 Å². The summed E-state index contributed by atoms with van der Waals surface area (Å²) in [6, 6.07) is -0.447. The van der Waals surface area contributed by atoms with Gasteiger partial charge in [-0.05, 0) is 38.5 Å². The van der Waals surface area contributed by atoms with Crippen LogP contribution in [-0.4, -0.2) is 99.9 Å². The second-order valence-corrected chi connectivity index (χ2v) is 11.7. The van der Waals surface area contributed by atoms with Gasteiger partial charge in [0.1, 0.15) is 36.3 Å². The second kappa shape index (κ2) is 15.1. The van der Waals surface area contributed by atoms with Gasteiger partial charge in [0.15, 0.2) is 0 Å². The average Bonchev–Trinajstić information content (AvgIpc) is 3.85. The molecule has 1 saturated carbocycles. The van der Waals surface area contributed by atoms with E-state index >= 15 is 0 Å². The molecule has 4 unspecified atom stereocenters. The third kappa shape index (κ3) is 9.00. The van der Waals surface area contributed by atoms with Crippen molar-refractivity contribution in [3.63, 3.8) is 0 Å². The van der Waals surface area contributed by atoms with E-state index in [0.29, 0.717) is 39.0 Å². The molecule has 5 N–H and O–H groups in total. The van der Waals surface area contributed by atoms with Crippen LogP contribution in [0.25, 0.3) is 0 Å². The summed E-state index contributed by atoms with van der Waals surface area (Å²) < 4.78 is 28.9. The first kappa shape index (κ1) is 33.0. The molecule has 0 bridgehead atoms. The Morgan fingerprint density at radius 2 is 1.78 bits per heavy atom. The van der Waals surface area contributed by atoms with Gasteiger partial charge in [-0.3, -0.25) is 4.79 Å². The molecule has 13 nitrogen and oxygen atoms in total. The van der Waals surface area contributed by atoms with Gasteiger partial charge >= 0.3 is 12.2 Å². The molecule has 2 aliphatic heterocycles. The molecule has 0 radical (unpaired) electrons. The number of ether oxygens (including phenoxy) is 5. The summed E-state index contributed by atoms with van der Waals surface area (Å²) >= 11 is 0. The molecule has 7 atom stereocenters. The number of methoxy groups -OCH3 is 1. The van der Waals surface area contributed by atoms with E-state index in [1.807, 2.05) is 20.8 Å². The van der Waals surface area contributed by atoms with Gasteiger partial charge in [-0.1, -0.05) is 26.7 Å². The maximum Gasteiger partial charge on any atom is 0.407 e. The zero-order valence-corrected chi connectivity index (χ0v) is 24.8. The minimum atomic E-state index is -0.611. The molecule has 2 saturated heterocycles. The molecule has 3 aliphatic rings. The number of hydrogen-bond acceptors (Lipinski definition) is 10. The minimum Gasteiger partial charge on any atom is -0.447 e. The fourth-order valence-corrected chi connectivity index (χ4v) is 5.85. The number of epoxide rings is 2. The van der Waals surface area contributed by atoms with Crippen LogP contribution in [0.1, 0.15) is 65.7 Å². The Balaban J connectivity index is 1.40. The second-order valence-electron chi connectivity index (χ2n) is 11.7. The van der Waals surface area contributed by atoms with Crippen LogP contribution < -0.4 is 21.7 Å². The van der Waals surface area contributed by atoms with E-state index < -0.39 is 36.0 Å². The van der Waals surface area contributed by atoms with Gasteiger partial charge in [-0.2, -0.15) is 0 Å². The maximum atomic E-state index is 12.9. The Morgan fingerprint density at radius 3 is 2.37 bits per heavy atom. The molecule has 234 valence electrons. The lowest BCUT2D eigenvalue weighted by molar-refractivity contribution is -0.119. The Morgan fingerprint density at radius 1 is 1.10 bits per heavy atom. The highest BCUT2D eigenvalue weighted by molar-refractivity contribution is 5.77. The number of rotatable bonds is 17. The van der Waals surface area contributed by atoms with Crippen molar-refractivity contribution < 1.29 is 42.9 Å². The van der Waals surface area contributed by atoms with Gasteiger partial charge in [0.2, 0.25) is 5.91 Å². The molecular formula is C28H48N4O9. The first-order chi connectivity index (χ1) is 19.6. The standard InChI is InChI=1S/C28H48N4O9/c1-18(2)19(16-38-25(35)31-13-8-6-5-7-12-30-22(34)15-29)32-26(36)40-20-9-11-28(17-39-28)24(23(20)37-4)27(3)21(41-27)10-14-33/h14,18-21,23-24H,5-13,15-17,29H2,1-4H3,(H,30,34)(H,31,35)(H,32,36)/t19-,20?,21+,23?,24?,27?,28-/m0/s1. The summed E-state index contributed by atoms with van der Waals surface area (Å²) in [7, 11) is 1.58. The molecule has 13 heteroatoms. The molecule has 41 heavy (non-hydrogen) atoms. The molecule has 3 fully saturated rings. The van der Waals surface area contributed by atoms with Crippen LogP contribution in [0.4, 0.5) is 9.59 Å². The summed E-state index contributed by atoms with van der Waals surface area (Å²) in [5, 5.41) is 8.28. The third-order valence-corrected chi connectivity index (χ3v) is 8.45. The maximum absolute atomic E-state index is 12.9. The highest BCUT2D eigenvalue weighted by Crippen LogP contribution is 2.59. The number of hydrogen-bond donors (Lipinski definition) is 4. The molecule has 0 aromatic heterocycles. The number of amides is 3. The summed E-state index contributed by atoms with van der Waals surface area (Å²) in [5.41, 5.74) is 4.28. The zero-order valence-electron chi connectivity index (χ0n) is 24.8. The molecular weight excluding hydrogens is 536 g/mol. The molecule has 1 aliphatic carbocycles. The fraction of sp³-hybridized carbons (Fsp3) is 0.857. The van der Waals surface area contributed by atoms with Gasteiger partial charge in [-0.25, -0.2) is 9.59 Å². The van der Waals surface area contributed by atoms with Gasteiger partial charge in [0.05, 0.1) is 31.2 Å². The van der Waals surface area contributed by atoms with Crippen LogP contribution in [0.15, 0.2) is 0 Å². The number of nitrogens with one attached hydrogen (secondary N) is 3. The van der Waals surface area contributed by atoms with Crippen molar-refractivity contribution in [2.75, 3.05) is 40.0 Å². The number of carbonyl (C=O) groups is 4. The predicted octanol–water partition coefficient (Wildman–Crippen LogP) is 1.41. The van der Waals surface area contributed by atoms with Crippen LogP contribution in [0, 0.1) is 11.8 Å². The van der Waals surface area contributed by atoms with Crippen molar-refractivity contribution in [3.8, 4) is 0 Å². The highest BCUT2D eigenvalue weighted by Gasteiger charge is 2.72. The Labute approximate surface area is 242 Å². The molecule has 3 amide bonds. The van der Waals surface area contributed by atoms with E-state index in [2.05, 4.69) is 16.0 Å². The van der Waals surface area contributed by atoms with E-state index in [-0.39, 0.29) is 42.6 Å². The number of unbranched alkanes of at least 4 members (excludes halogenated alkanes) is 3. The van der Waals surface area contributed by atoms with Crippen LogP contribution in [0.5, 0.6) is 0 Å². The Bertz CT molecular complexity index is 900. The first-order valence-corrected chi connectivity index (χ1v) is 14.7. The van der Waals surface area contributed by atoms with Crippen LogP contribution in [0.3, 0.4) is 0 Å². The monoisotopic (exact) mass is 584 g/mol. The van der Waals surface area contributed by atoms with Crippen LogP contribution in [-0.2, 0) is 33.3 Å². The molecule has 0 aromatic rings. The Kier molecular flexibility index (Phi) is 12.2. The summed E-state index contributed by atoms with van der Waals surface area (Å²) in [5.74, 6) is -0.358. The van der Waals surface area contributed by atoms with E-state index in [4.69, 9.17) is 29.4 Å². The number of alkyl carbamates (subject to hydrolysis) is 2. The minimum absolute atomic E-state index is 0.00330.